The van der Waals surface area contributed by atoms with Gasteiger partial charge in [0.2, 0.25) is 23.6 Å². The molecule has 1 aromatic rings. The van der Waals surface area contributed by atoms with Crippen LogP contribution < -0.4 is 38.1 Å². The Balaban J connectivity index is 2.95. The molecule has 0 heterocycles. The molecule has 0 fully saturated rings. The highest BCUT2D eigenvalue weighted by Gasteiger charge is 2.30. The number of carboxylic acids is 1. The molecule has 0 bridgehead atoms. The maximum atomic E-state index is 13.5. The third-order valence-corrected chi connectivity index (χ3v) is 6.07. The lowest BCUT2D eigenvalue weighted by Crippen LogP contribution is -2.57. The largest absolute Gasteiger partial charge is 0.480 e. The number of aliphatic imine (C=N–C) groups is 1. The molecule has 16 nitrogen and oxygen atoms in total. The SMILES string of the molecule is CC(C)C[C@H](NC(=O)[C@H](Cc1ccccc1)NC(=O)CNC(=O)CNC(=O)OC(C)(C)C)C(=O)N[C@H](CCCN=C(N)N)C(=O)O. The number of carbonyl (C=O) groups excluding carboxylic acids is 5. The number of carboxylic acid groups (broad SMARTS) is 1. The minimum atomic E-state index is -1.26. The number of nitrogens with one attached hydrogen (secondary N) is 5. The fraction of sp³-hybridized carbons (Fsp3) is 0.567. The summed E-state index contributed by atoms with van der Waals surface area (Å²) in [5.74, 6) is -4.20. The van der Waals surface area contributed by atoms with Crippen LogP contribution in [0.2, 0.25) is 0 Å². The van der Waals surface area contributed by atoms with E-state index >= 15 is 0 Å². The van der Waals surface area contributed by atoms with Crippen LogP contribution in [0.25, 0.3) is 0 Å². The van der Waals surface area contributed by atoms with E-state index in [-0.39, 0.29) is 44.1 Å². The summed E-state index contributed by atoms with van der Waals surface area (Å²) in [5.41, 5.74) is 10.5. The minimum Gasteiger partial charge on any atom is -0.480 e. The summed E-state index contributed by atoms with van der Waals surface area (Å²) in [5, 5.41) is 22.0. The molecule has 10 N–H and O–H groups in total. The molecule has 256 valence electrons. The highest BCUT2D eigenvalue weighted by atomic mass is 16.6. The van der Waals surface area contributed by atoms with Gasteiger partial charge in [0.25, 0.3) is 0 Å². The van der Waals surface area contributed by atoms with Gasteiger partial charge >= 0.3 is 12.1 Å². The van der Waals surface area contributed by atoms with Crippen LogP contribution in [0.3, 0.4) is 0 Å². The fourth-order valence-corrected chi connectivity index (χ4v) is 4.02. The van der Waals surface area contributed by atoms with Crippen LogP contribution in [-0.2, 0) is 35.1 Å². The van der Waals surface area contributed by atoms with Gasteiger partial charge in [0, 0.05) is 13.0 Å². The van der Waals surface area contributed by atoms with Crippen LogP contribution in [0.1, 0.15) is 59.4 Å². The second kappa shape index (κ2) is 19.5. The number of amides is 5. The van der Waals surface area contributed by atoms with Gasteiger partial charge in [-0.25, -0.2) is 9.59 Å². The third kappa shape index (κ3) is 17.4. The van der Waals surface area contributed by atoms with E-state index in [1.165, 1.54) is 0 Å². The zero-order chi connectivity index (χ0) is 34.9. The van der Waals surface area contributed by atoms with Crippen LogP contribution in [0.5, 0.6) is 0 Å². The maximum absolute atomic E-state index is 13.5. The number of aliphatic carboxylic acids is 1. The molecule has 0 spiro atoms. The molecule has 46 heavy (non-hydrogen) atoms. The summed E-state index contributed by atoms with van der Waals surface area (Å²) in [6.07, 6.45) is -0.219. The van der Waals surface area contributed by atoms with Gasteiger partial charge in [-0.2, -0.15) is 0 Å². The van der Waals surface area contributed by atoms with E-state index in [0.717, 1.165) is 0 Å². The number of guanidine groups is 1. The predicted molar refractivity (Wildman–Crippen MR) is 170 cm³/mol. The smallest absolute Gasteiger partial charge is 0.408 e. The number of rotatable bonds is 18. The van der Waals surface area contributed by atoms with Crippen LogP contribution in [-0.4, -0.2) is 90.1 Å². The molecule has 1 rings (SSSR count). The number of carbonyl (C=O) groups is 6. The lowest BCUT2D eigenvalue weighted by atomic mass is 10.0. The van der Waals surface area contributed by atoms with Crippen LogP contribution >= 0.6 is 0 Å². The molecule has 0 saturated heterocycles. The summed E-state index contributed by atoms with van der Waals surface area (Å²) in [4.78, 5) is 79.0. The Hall–Kier alpha value is -4.89. The van der Waals surface area contributed by atoms with E-state index in [1.54, 1.807) is 51.1 Å². The molecular weight excluding hydrogens is 600 g/mol. The molecule has 3 atom stereocenters. The molecule has 0 unspecified atom stereocenters. The predicted octanol–water partition coefficient (Wildman–Crippen LogP) is -0.491. The van der Waals surface area contributed by atoms with E-state index < -0.39 is 72.5 Å². The van der Waals surface area contributed by atoms with Crippen molar-refractivity contribution in [3.8, 4) is 0 Å². The van der Waals surface area contributed by atoms with E-state index in [0.29, 0.717) is 5.56 Å². The van der Waals surface area contributed by atoms with Gasteiger partial charge in [0.1, 0.15) is 30.3 Å². The Labute approximate surface area is 268 Å². The molecule has 0 aliphatic heterocycles. The molecular formula is C30H48N8O8. The van der Waals surface area contributed by atoms with Gasteiger partial charge in [-0.05, 0) is 51.5 Å². The summed E-state index contributed by atoms with van der Waals surface area (Å²) in [7, 11) is 0. The van der Waals surface area contributed by atoms with Crippen molar-refractivity contribution in [2.75, 3.05) is 19.6 Å². The number of hydrogen-bond donors (Lipinski definition) is 8. The number of nitrogens with zero attached hydrogens (tertiary/aromatic N) is 1. The van der Waals surface area contributed by atoms with Crippen LogP contribution in [0, 0.1) is 5.92 Å². The minimum absolute atomic E-state index is 0.0475. The first-order chi connectivity index (χ1) is 21.5. The van der Waals surface area contributed by atoms with Crippen molar-refractivity contribution in [1.82, 2.24) is 26.6 Å². The molecule has 16 heteroatoms. The highest BCUT2D eigenvalue weighted by molar-refractivity contribution is 5.94. The van der Waals surface area contributed by atoms with E-state index in [2.05, 4.69) is 31.6 Å². The molecule has 0 aromatic heterocycles. The lowest BCUT2D eigenvalue weighted by molar-refractivity contribution is -0.142. The summed E-state index contributed by atoms with van der Waals surface area (Å²) < 4.78 is 5.06. The summed E-state index contributed by atoms with van der Waals surface area (Å²) in [6.45, 7) is 7.92. The number of nitrogens with two attached hydrogens (primary N) is 2. The Kier molecular flexibility index (Phi) is 16.6. The molecule has 0 aliphatic rings. The van der Waals surface area contributed by atoms with Crippen LogP contribution in [0.4, 0.5) is 4.79 Å². The van der Waals surface area contributed by atoms with Crippen molar-refractivity contribution in [2.24, 2.45) is 22.4 Å². The van der Waals surface area contributed by atoms with Crippen molar-refractivity contribution >= 4 is 41.7 Å². The van der Waals surface area contributed by atoms with E-state index in [4.69, 9.17) is 16.2 Å². The average Bonchev–Trinajstić information content (AvgIpc) is 2.94. The zero-order valence-corrected chi connectivity index (χ0v) is 27.1. The number of hydrogen-bond acceptors (Lipinski definition) is 8. The standard InChI is InChI=1S/C30H48N8O8/c1-18(2)14-21(25(41)37-20(27(43)44)12-9-13-33-28(31)32)38-26(42)22(15-19-10-7-6-8-11-19)36-24(40)17-34-23(39)16-35-29(45)46-30(3,4)5/h6-8,10-11,18,20-22H,9,12-17H2,1-5H3,(H,34,39)(H,35,45)(H,36,40)(H,37,41)(H,38,42)(H,43,44)(H4,31,32,33)/t20-,21+,22+/m1/s1. The molecule has 0 radical (unpaired) electrons. The second-order valence-corrected chi connectivity index (χ2v) is 12.0. The van der Waals surface area contributed by atoms with Crippen molar-refractivity contribution in [3.05, 3.63) is 35.9 Å². The quantitative estimate of drug-likeness (QED) is 0.0575. The average molecular weight is 649 g/mol. The van der Waals surface area contributed by atoms with Gasteiger partial charge in [-0.15, -0.1) is 0 Å². The Bertz CT molecular complexity index is 1210. The van der Waals surface area contributed by atoms with Crippen molar-refractivity contribution in [1.29, 1.82) is 0 Å². The van der Waals surface area contributed by atoms with Gasteiger partial charge in [-0.1, -0.05) is 44.2 Å². The summed E-state index contributed by atoms with van der Waals surface area (Å²) in [6, 6.07) is 5.32. The molecule has 1 aromatic carbocycles. The van der Waals surface area contributed by atoms with Gasteiger partial charge < -0.3 is 47.9 Å². The Morgan fingerprint density at radius 2 is 1.43 bits per heavy atom. The number of alkyl carbamates (subject to hydrolysis) is 1. The van der Waals surface area contributed by atoms with Crippen LogP contribution in [0.15, 0.2) is 35.3 Å². The fourth-order valence-electron chi connectivity index (χ4n) is 4.02. The first kappa shape index (κ1) is 39.1. The van der Waals surface area contributed by atoms with E-state index in [1.807, 2.05) is 13.8 Å². The van der Waals surface area contributed by atoms with Crippen molar-refractivity contribution < 1.29 is 38.6 Å². The molecule has 0 aliphatic carbocycles. The second-order valence-electron chi connectivity index (χ2n) is 12.0. The Morgan fingerprint density at radius 3 is 2.00 bits per heavy atom. The topological polar surface area (TPSA) is 256 Å². The van der Waals surface area contributed by atoms with Gasteiger partial charge in [0.15, 0.2) is 5.96 Å². The van der Waals surface area contributed by atoms with Gasteiger partial charge in [-0.3, -0.25) is 24.2 Å². The maximum Gasteiger partial charge on any atom is 0.408 e. The Morgan fingerprint density at radius 1 is 0.848 bits per heavy atom. The monoisotopic (exact) mass is 648 g/mol. The normalized spacial score (nSPS) is 12.9. The lowest BCUT2D eigenvalue weighted by Gasteiger charge is -2.25. The van der Waals surface area contributed by atoms with Crippen molar-refractivity contribution in [2.45, 2.75) is 84.0 Å². The highest BCUT2D eigenvalue weighted by Crippen LogP contribution is 2.10. The zero-order valence-electron chi connectivity index (χ0n) is 27.1. The number of benzene rings is 1. The molecule has 5 amide bonds. The first-order valence-corrected chi connectivity index (χ1v) is 14.9. The number of ether oxygens (including phenoxy) is 1. The first-order valence-electron chi connectivity index (χ1n) is 14.9. The molecule has 0 saturated carbocycles. The van der Waals surface area contributed by atoms with Crippen molar-refractivity contribution in [3.63, 3.8) is 0 Å². The van der Waals surface area contributed by atoms with Gasteiger partial charge in [0.05, 0.1) is 6.54 Å². The van der Waals surface area contributed by atoms with E-state index in [9.17, 15) is 33.9 Å². The third-order valence-electron chi connectivity index (χ3n) is 6.07. The summed E-state index contributed by atoms with van der Waals surface area (Å²) >= 11 is 0.